The van der Waals surface area contributed by atoms with E-state index in [-0.39, 0.29) is 17.7 Å². The molecule has 1 amide bonds. The lowest BCUT2D eigenvalue weighted by molar-refractivity contribution is 0.0623. The molecule has 1 atom stereocenters. The number of likely N-dealkylation sites (tertiary alicyclic amines) is 1. The van der Waals surface area contributed by atoms with Crippen LogP contribution < -0.4 is 5.73 Å². The van der Waals surface area contributed by atoms with Gasteiger partial charge in [0, 0.05) is 36.7 Å². The molecule has 26 heavy (non-hydrogen) atoms. The molecule has 1 fully saturated rings. The molecule has 0 aromatic heterocycles. The zero-order valence-electron chi connectivity index (χ0n) is 15.3. The van der Waals surface area contributed by atoms with Crippen LogP contribution >= 0.6 is 0 Å². The number of carbonyl (C=O) groups excluding carboxylic acids is 2. The Labute approximate surface area is 155 Å². The summed E-state index contributed by atoms with van der Waals surface area (Å²) < 4.78 is 0. The number of ketones is 1. The van der Waals surface area contributed by atoms with Gasteiger partial charge in [-0.15, -0.1) is 0 Å². The van der Waals surface area contributed by atoms with Gasteiger partial charge in [0.25, 0.3) is 5.91 Å². The Bertz CT molecular complexity index is 783. The predicted octanol–water partition coefficient (Wildman–Crippen LogP) is 3.90. The third-order valence-electron chi connectivity index (χ3n) is 5.13. The minimum Gasteiger partial charge on any atom is -0.334 e. The maximum atomic E-state index is 12.8. The average Bonchev–Trinajstić information content (AvgIpc) is 2.72. The molecule has 1 saturated heterocycles. The van der Waals surface area contributed by atoms with E-state index in [1.807, 2.05) is 60.4 Å². The van der Waals surface area contributed by atoms with E-state index in [0.29, 0.717) is 18.5 Å². The summed E-state index contributed by atoms with van der Waals surface area (Å²) >= 11 is 0. The highest BCUT2D eigenvalue weighted by Gasteiger charge is 2.26. The number of nitrogens with zero attached hydrogens (tertiary/aromatic N) is 1. The molecule has 4 nitrogen and oxygen atoms in total. The van der Waals surface area contributed by atoms with E-state index < -0.39 is 0 Å². The van der Waals surface area contributed by atoms with Crippen molar-refractivity contribution in [3.8, 4) is 11.1 Å². The predicted molar refractivity (Wildman–Crippen MR) is 104 cm³/mol. The summed E-state index contributed by atoms with van der Waals surface area (Å²) in [5, 5.41) is 0. The fraction of sp³-hybridized carbons (Fsp3) is 0.364. The Morgan fingerprint density at radius 2 is 1.81 bits per heavy atom. The molecule has 2 aromatic carbocycles. The molecule has 1 aliphatic heterocycles. The first-order valence-corrected chi connectivity index (χ1v) is 9.38. The molecular weight excluding hydrogens is 324 g/mol. The molecule has 2 N–H and O–H groups in total. The van der Waals surface area contributed by atoms with E-state index in [0.717, 1.165) is 42.5 Å². The molecule has 0 aliphatic carbocycles. The smallest absolute Gasteiger partial charge is 0.254 e. The summed E-state index contributed by atoms with van der Waals surface area (Å²) in [6, 6.07) is 15.4. The number of hydrogen-bond acceptors (Lipinski definition) is 3. The normalized spacial score (nSPS) is 17.2. The molecule has 3 rings (SSSR count). The second-order valence-electron chi connectivity index (χ2n) is 6.82. The molecule has 0 radical (unpaired) electrons. The number of hydrogen-bond donors (Lipinski definition) is 1. The highest BCUT2D eigenvalue weighted by molar-refractivity contribution is 5.97. The fourth-order valence-corrected chi connectivity index (χ4v) is 3.56. The summed E-state index contributed by atoms with van der Waals surface area (Å²) in [7, 11) is 0. The summed E-state index contributed by atoms with van der Waals surface area (Å²) in [6.45, 7) is 3.16. The highest BCUT2D eigenvalue weighted by atomic mass is 16.2. The van der Waals surface area contributed by atoms with E-state index in [1.165, 1.54) is 0 Å². The van der Waals surface area contributed by atoms with Gasteiger partial charge in [-0.25, -0.2) is 0 Å². The van der Waals surface area contributed by atoms with Crippen molar-refractivity contribution in [2.24, 2.45) is 5.73 Å². The molecular formula is C22H26N2O2. The van der Waals surface area contributed by atoms with E-state index >= 15 is 0 Å². The number of rotatable bonds is 5. The van der Waals surface area contributed by atoms with Crippen LogP contribution in [0.15, 0.2) is 48.5 Å². The topological polar surface area (TPSA) is 63.4 Å². The van der Waals surface area contributed by atoms with Crippen LogP contribution in [-0.2, 0) is 0 Å². The maximum absolute atomic E-state index is 12.8. The van der Waals surface area contributed by atoms with Crippen molar-refractivity contribution in [2.75, 3.05) is 13.1 Å². The number of nitrogens with two attached hydrogens (primary N) is 1. The maximum Gasteiger partial charge on any atom is 0.254 e. The zero-order valence-corrected chi connectivity index (χ0v) is 15.3. The minimum absolute atomic E-state index is 0.0570. The number of benzene rings is 2. The number of Topliss-reactive ketones (excluding diaryl/α,β-unsaturated/α-hetero) is 1. The summed E-state index contributed by atoms with van der Waals surface area (Å²) in [4.78, 5) is 26.7. The summed E-state index contributed by atoms with van der Waals surface area (Å²) in [5.41, 5.74) is 9.24. The van der Waals surface area contributed by atoms with Crippen LogP contribution in [0.1, 0.15) is 53.3 Å². The Kier molecular flexibility index (Phi) is 5.84. The third kappa shape index (κ3) is 3.86. The fourth-order valence-electron chi connectivity index (χ4n) is 3.56. The molecule has 4 heteroatoms. The van der Waals surface area contributed by atoms with Crippen LogP contribution in [0.25, 0.3) is 11.1 Å². The standard InChI is InChI=1S/C22H26N2O2/c1-2-21(25)19-7-5-6-18(14-19)16-9-11-17(12-10-16)22(26)24-13-4-3-8-20(24)15-23/h5-7,9-12,14,20H,2-4,8,13,15,23H2,1H3. The molecule has 1 heterocycles. The average molecular weight is 350 g/mol. The van der Waals surface area contributed by atoms with Gasteiger partial charge in [-0.1, -0.05) is 37.3 Å². The van der Waals surface area contributed by atoms with Crippen molar-refractivity contribution in [3.63, 3.8) is 0 Å². The van der Waals surface area contributed by atoms with E-state index in [9.17, 15) is 9.59 Å². The lowest BCUT2D eigenvalue weighted by Gasteiger charge is -2.35. The van der Waals surface area contributed by atoms with Gasteiger partial charge in [0.15, 0.2) is 5.78 Å². The lowest BCUT2D eigenvalue weighted by Crippen LogP contribution is -2.47. The van der Waals surface area contributed by atoms with Gasteiger partial charge in [-0.2, -0.15) is 0 Å². The van der Waals surface area contributed by atoms with E-state index in [2.05, 4.69) is 0 Å². The first-order valence-electron chi connectivity index (χ1n) is 9.38. The van der Waals surface area contributed by atoms with Crippen LogP contribution in [0.4, 0.5) is 0 Å². The molecule has 0 saturated carbocycles. The SMILES string of the molecule is CCC(=O)c1cccc(-c2ccc(C(=O)N3CCCCC3CN)cc2)c1. The summed E-state index contributed by atoms with van der Waals surface area (Å²) in [6.07, 6.45) is 3.66. The molecule has 0 spiro atoms. The van der Waals surface area contributed by atoms with E-state index in [1.54, 1.807) is 0 Å². The first-order chi connectivity index (χ1) is 12.6. The second kappa shape index (κ2) is 8.28. The van der Waals surface area contributed by atoms with Gasteiger partial charge < -0.3 is 10.6 Å². The largest absolute Gasteiger partial charge is 0.334 e. The molecule has 1 aliphatic rings. The Balaban J connectivity index is 1.80. The highest BCUT2D eigenvalue weighted by Crippen LogP contribution is 2.24. The van der Waals surface area contributed by atoms with Crippen molar-refractivity contribution < 1.29 is 9.59 Å². The number of amides is 1. The van der Waals surface area contributed by atoms with Crippen LogP contribution in [0.3, 0.4) is 0 Å². The number of carbonyl (C=O) groups is 2. The van der Waals surface area contributed by atoms with Crippen LogP contribution in [0.5, 0.6) is 0 Å². The third-order valence-corrected chi connectivity index (χ3v) is 5.13. The van der Waals surface area contributed by atoms with Crippen LogP contribution in [-0.4, -0.2) is 35.7 Å². The van der Waals surface area contributed by atoms with Crippen molar-refractivity contribution in [2.45, 2.75) is 38.6 Å². The van der Waals surface area contributed by atoms with Gasteiger partial charge in [0.2, 0.25) is 0 Å². The summed E-state index contributed by atoms with van der Waals surface area (Å²) in [5.74, 6) is 0.193. The van der Waals surface area contributed by atoms with Gasteiger partial charge >= 0.3 is 0 Å². The number of piperidine rings is 1. The Hall–Kier alpha value is -2.46. The molecule has 2 aromatic rings. The Morgan fingerprint density at radius 3 is 2.50 bits per heavy atom. The van der Waals surface area contributed by atoms with Gasteiger partial charge in [0.1, 0.15) is 0 Å². The van der Waals surface area contributed by atoms with Crippen LogP contribution in [0, 0.1) is 0 Å². The monoisotopic (exact) mass is 350 g/mol. The van der Waals surface area contributed by atoms with Gasteiger partial charge in [0.05, 0.1) is 0 Å². The quantitative estimate of drug-likeness (QED) is 0.832. The van der Waals surface area contributed by atoms with Crippen molar-refractivity contribution in [1.29, 1.82) is 0 Å². The van der Waals surface area contributed by atoms with Crippen molar-refractivity contribution >= 4 is 11.7 Å². The Morgan fingerprint density at radius 1 is 1.04 bits per heavy atom. The zero-order chi connectivity index (χ0) is 18.5. The van der Waals surface area contributed by atoms with Crippen molar-refractivity contribution in [3.05, 3.63) is 59.7 Å². The first kappa shape index (κ1) is 18.3. The van der Waals surface area contributed by atoms with E-state index in [4.69, 9.17) is 5.73 Å². The van der Waals surface area contributed by atoms with Gasteiger partial charge in [-0.05, 0) is 48.6 Å². The van der Waals surface area contributed by atoms with Crippen molar-refractivity contribution in [1.82, 2.24) is 4.90 Å². The van der Waals surface area contributed by atoms with Gasteiger partial charge in [-0.3, -0.25) is 9.59 Å². The van der Waals surface area contributed by atoms with Crippen LogP contribution in [0.2, 0.25) is 0 Å². The molecule has 136 valence electrons. The molecule has 0 bridgehead atoms. The lowest BCUT2D eigenvalue weighted by atomic mass is 9.98. The minimum atomic E-state index is 0.0570. The second-order valence-corrected chi connectivity index (χ2v) is 6.82. The molecule has 1 unspecified atom stereocenters.